The maximum atomic E-state index is 7.10. The van der Waals surface area contributed by atoms with Gasteiger partial charge >= 0.3 is 0 Å². The van der Waals surface area contributed by atoms with Crippen LogP contribution >= 0.6 is 0 Å². The van der Waals surface area contributed by atoms with Crippen LogP contribution in [-0.2, 0) is 0 Å². The number of nitrogens with zero attached hydrogens (tertiary/aromatic N) is 4. The highest BCUT2D eigenvalue weighted by molar-refractivity contribution is 6.23. The Morgan fingerprint density at radius 1 is 0.450 bits per heavy atom. The fourth-order valence-electron chi connectivity index (χ4n) is 8.70. The molecule has 0 amide bonds. The van der Waals surface area contributed by atoms with Crippen LogP contribution in [0, 0.1) is 0 Å². The smallest absolute Gasteiger partial charge is 0.164 e. The molecule has 60 heavy (non-hydrogen) atoms. The second kappa shape index (κ2) is 15.3. The summed E-state index contributed by atoms with van der Waals surface area (Å²) < 4.78 is 7.10. The number of furan rings is 1. The van der Waals surface area contributed by atoms with Crippen molar-refractivity contribution >= 4 is 60.9 Å². The van der Waals surface area contributed by atoms with Crippen LogP contribution in [0.5, 0.6) is 0 Å². The van der Waals surface area contributed by atoms with Crippen molar-refractivity contribution in [3.8, 4) is 34.2 Å². The molecule has 0 unspecified atom stereocenters. The van der Waals surface area contributed by atoms with Crippen LogP contribution in [0.3, 0.4) is 0 Å². The van der Waals surface area contributed by atoms with Gasteiger partial charge in [-0.15, -0.1) is 0 Å². The molecule has 0 atom stereocenters. The molecule has 5 nitrogen and oxygen atoms in total. The van der Waals surface area contributed by atoms with Crippen LogP contribution in [-0.4, -0.2) is 15.0 Å². The Balaban J connectivity index is 1.10. The van der Waals surface area contributed by atoms with E-state index in [9.17, 15) is 0 Å². The van der Waals surface area contributed by atoms with E-state index in [1.807, 2.05) is 60.7 Å². The van der Waals surface area contributed by atoms with Crippen molar-refractivity contribution in [1.82, 2.24) is 15.0 Å². The molecule has 286 valence electrons. The standard InChI is InChI=1S/C55H40N4O/c1-5-16-37(17-6-1)39-28-32-43(33-29-39)59(44-34-30-40(31-35-44)38-18-7-2-8-19-38)49-27-15-26-47-51-46-25-14-13-24-45(46)48(36-50(51)60-52(47)49)55-57-53(41-20-9-3-10-21-41)56-54(58-55)42-22-11-4-12-23-42/h1-5,7,9-16,18,20-36H,6,8,17,19H2. The summed E-state index contributed by atoms with van der Waals surface area (Å²) in [7, 11) is 0. The summed E-state index contributed by atoms with van der Waals surface area (Å²) in [6.07, 6.45) is 17.5. The molecular formula is C55H40N4O. The lowest BCUT2D eigenvalue weighted by molar-refractivity contribution is 0.669. The van der Waals surface area contributed by atoms with E-state index in [1.165, 1.54) is 22.3 Å². The molecular weight excluding hydrogens is 733 g/mol. The predicted molar refractivity (Wildman–Crippen MR) is 248 cm³/mol. The second-order valence-corrected chi connectivity index (χ2v) is 15.4. The maximum Gasteiger partial charge on any atom is 0.164 e. The molecule has 11 rings (SSSR count). The minimum atomic E-state index is 0.593. The fraction of sp³-hybridized carbons (Fsp3) is 0.0727. The average Bonchev–Trinajstić information content (AvgIpc) is 3.72. The van der Waals surface area contributed by atoms with Crippen molar-refractivity contribution in [3.63, 3.8) is 0 Å². The van der Waals surface area contributed by atoms with Crippen molar-refractivity contribution in [1.29, 1.82) is 0 Å². The van der Waals surface area contributed by atoms with Gasteiger partial charge in [-0.1, -0.05) is 158 Å². The molecule has 0 spiro atoms. The van der Waals surface area contributed by atoms with Gasteiger partial charge in [0.1, 0.15) is 5.58 Å². The van der Waals surface area contributed by atoms with Crippen LogP contribution in [0.25, 0.3) is 78.0 Å². The highest BCUT2D eigenvalue weighted by atomic mass is 16.3. The van der Waals surface area contributed by atoms with E-state index in [0.29, 0.717) is 17.5 Å². The molecule has 2 aliphatic carbocycles. The predicted octanol–water partition coefficient (Wildman–Crippen LogP) is 14.9. The zero-order chi connectivity index (χ0) is 39.8. The van der Waals surface area contributed by atoms with E-state index in [0.717, 1.165) is 92.1 Å². The van der Waals surface area contributed by atoms with Gasteiger partial charge in [0.15, 0.2) is 23.1 Å². The van der Waals surface area contributed by atoms with Gasteiger partial charge in [0.05, 0.1) is 5.69 Å². The second-order valence-electron chi connectivity index (χ2n) is 15.4. The average molecular weight is 773 g/mol. The first-order valence-corrected chi connectivity index (χ1v) is 20.7. The Morgan fingerprint density at radius 2 is 0.967 bits per heavy atom. The van der Waals surface area contributed by atoms with Gasteiger partial charge in [-0.25, -0.2) is 15.0 Å². The topological polar surface area (TPSA) is 55.1 Å². The van der Waals surface area contributed by atoms with Crippen LogP contribution in [0.1, 0.15) is 36.8 Å². The maximum absolute atomic E-state index is 7.10. The third kappa shape index (κ3) is 6.51. The molecule has 2 aliphatic rings. The third-order valence-electron chi connectivity index (χ3n) is 11.7. The quantitative estimate of drug-likeness (QED) is 0.154. The Bertz CT molecular complexity index is 3040. The lowest BCUT2D eigenvalue weighted by Gasteiger charge is -2.26. The number of hydrogen-bond donors (Lipinski definition) is 0. The van der Waals surface area contributed by atoms with Crippen LogP contribution in [0.4, 0.5) is 17.1 Å². The first kappa shape index (κ1) is 35.5. The Labute approximate surface area is 349 Å². The van der Waals surface area contributed by atoms with E-state index in [2.05, 4.69) is 138 Å². The van der Waals surface area contributed by atoms with E-state index < -0.39 is 0 Å². The summed E-state index contributed by atoms with van der Waals surface area (Å²) in [5.74, 6) is 1.84. The SMILES string of the molecule is C1=CCCC(c2ccc(N(c3ccc(C4=CC=CCC4)cc3)c3cccc4c3oc3cc(-c5nc(-c6ccccc6)nc(-c6ccccc6)n5)c5ccccc5c34)cc2)=C1. The summed E-state index contributed by atoms with van der Waals surface area (Å²) in [5.41, 5.74) is 12.6. The number of para-hydroxylation sites is 1. The van der Waals surface area contributed by atoms with Crippen molar-refractivity contribution in [2.45, 2.75) is 25.7 Å². The number of hydrogen-bond acceptors (Lipinski definition) is 5. The van der Waals surface area contributed by atoms with Crippen LogP contribution in [0.15, 0.2) is 199 Å². The van der Waals surface area contributed by atoms with Crippen molar-refractivity contribution in [3.05, 3.63) is 205 Å². The summed E-state index contributed by atoms with van der Waals surface area (Å²) in [5, 5.41) is 4.23. The summed E-state index contributed by atoms with van der Waals surface area (Å²) in [6.45, 7) is 0. The van der Waals surface area contributed by atoms with Crippen LogP contribution in [0.2, 0.25) is 0 Å². The molecule has 0 radical (unpaired) electrons. The number of fused-ring (bicyclic) bond motifs is 5. The summed E-state index contributed by atoms with van der Waals surface area (Å²) in [6, 6.07) is 55.3. The van der Waals surface area contributed by atoms with Gasteiger partial charge < -0.3 is 9.32 Å². The minimum absolute atomic E-state index is 0.593. The normalized spacial score (nSPS) is 13.8. The molecule has 9 aromatic rings. The molecule has 2 heterocycles. The fourth-order valence-corrected chi connectivity index (χ4v) is 8.70. The van der Waals surface area contributed by atoms with Crippen molar-refractivity contribution < 1.29 is 4.42 Å². The molecule has 0 aliphatic heterocycles. The zero-order valence-corrected chi connectivity index (χ0v) is 33.0. The first-order chi connectivity index (χ1) is 29.7. The Morgan fingerprint density at radius 3 is 1.52 bits per heavy atom. The van der Waals surface area contributed by atoms with Gasteiger partial charge in [0, 0.05) is 38.8 Å². The van der Waals surface area contributed by atoms with Crippen molar-refractivity contribution in [2.75, 3.05) is 4.90 Å². The summed E-state index contributed by atoms with van der Waals surface area (Å²) in [4.78, 5) is 17.6. The van der Waals surface area contributed by atoms with Gasteiger partial charge in [-0.3, -0.25) is 0 Å². The molecule has 0 fully saturated rings. The van der Waals surface area contributed by atoms with Gasteiger partial charge in [0.2, 0.25) is 0 Å². The van der Waals surface area contributed by atoms with Gasteiger partial charge in [0.25, 0.3) is 0 Å². The molecule has 0 N–H and O–H groups in total. The molecule has 5 heteroatoms. The van der Waals surface area contributed by atoms with E-state index in [-0.39, 0.29) is 0 Å². The molecule has 7 aromatic carbocycles. The number of anilines is 3. The van der Waals surface area contributed by atoms with E-state index >= 15 is 0 Å². The molecule has 0 saturated heterocycles. The minimum Gasteiger partial charge on any atom is -0.454 e. The monoisotopic (exact) mass is 772 g/mol. The molecule has 2 aromatic heterocycles. The van der Waals surface area contributed by atoms with E-state index in [4.69, 9.17) is 19.4 Å². The molecule has 0 bridgehead atoms. The lowest BCUT2D eigenvalue weighted by Crippen LogP contribution is -2.10. The lowest BCUT2D eigenvalue weighted by atomic mass is 9.96. The zero-order valence-electron chi connectivity index (χ0n) is 33.0. The number of allylic oxidation sites excluding steroid dienone is 8. The number of aromatic nitrogens is 3. The number of benzene rings is 7. The highest BCUT2D eigenvalue weighted by Crippen LogP contribution is 2.46. The van der Waals surface area contributed by atoms with Gasteiger partial charge in [-0.2, -0.15) is 0 Å². The summed E-state index contributed by atoms with van der Waals surface area (Å²) >= 11 is 0. The Kier molecular flexibility index (Phi) is 9.04. The Hall–Kier alpha value is -7.63. The highest BCUT2D eigenvalue weighted by Gasteiger charge is 2.23. The number of rotatable bonds is 8. The third-order valence-corrected chi connectivity index (χ3v) is 11.7. The van der Waals surface area contributed by atoms with Crippen LogP contribution < -0.4 is 4.90 Å². The van der Waals surface area contributed by atoms with Gasteiger partial charge in [-0.05, 0) is 95.1 Å². The largest absolute Gasteiger partial charge is 0.454 e. The first-order valence-electron chi connectivity index (χ1n) is 20.7. The van der Waals surface area contributed by atoms with Crippen molar-refractivity contribution in [2.24, 2.45) is 0 Å². The molecule has 0 saturated carbocycles. The van der Waals surface area contributed by atoms with E-state index in [1.54, 1.807) is 0 Å².